The topological polar surface area (TPSA) is 44.8 Å². The van der Waals surface area contributed by atoms with Crippen LogP contribution in [0.1, 0.15) is 29.8 Å². The maximum atomic E-state index is 12.7. The lowest BCUT2D eigenvalue weighted by Crippen LogP contribution is -2.18. The number of carbonyl (C=O) groups excluding carboxylic acids is 1. The Bertz CT molecular complexity index is 826. The van der Waals surface area contributed by atoms with Crippen LogP contribution in [-0.4, -0.2) is 25.6 Å². The van der Waals surface area contributed by atoms with E-state index in [1.807, 2.05) is 50.3 Å². The Hall–Kier alpha value is -2.27. The maximum absolute atomic E-state index is 12.7. The number of rotatable bonds is 5. The molecular formula is C20H19BrO4. The largest absolute Gasteiger partial charge is 0.490 e. The number of Topliss-reactive ketones (excluding diaryl/α,β-unsaturated/α-hetero) is 1. The molecule has 1 heterocycles. The first-order valence-electron chi connectivity index (χ1n) is 8.20. The molecule has 1 aliphatic heterocycles. The molecule has 25 heavy (non-hydrogen) atoms. The molecule has 0 amide bonds. The highest BCUT2D eigenvalue weighted by atomic mass is 79.9. The highest BCUT2D eigenvalue weighted by molar-refractivity contribution is 9.10. The molecule has 2 aromatic rings. The number of fused-ring (bicyclic) bond motifs is 1. The number of para-hydroxylation sites is 1. The van der Waals surface area contributed by atoms with Crippen LogP contribution in [0.25, 0.3) is 6.08 Å². The van der Waals surface area contributed by atoms with Crippen LogP contribution in [-0.2, 0) is 0 Å². The SMILES string of the molecule is CCOc1cc(C=C2COc3ccccc3C2=O)cc(Br)c1OCC. The lowest BCUT2D eigenvalue weighted by atomic mass is 9.98. The zero-order chi connectivity index (χ0) is 17.8. The average Bonchev–Trinajstić information content (AvgIpc) is 2.61. The van der Waals surface area contributed by atoms with Gasteiger partial charge < -0.3 is 14.2 Å². The molecule has 130 valence electrons. The summed E-state index contributed by atoms with van der Waals surface area (Å²) in [5.41, 5.74) is 2.05. The maximum Gasteiger partial charge on any atom is 0.196 e. The summed E-state index contributed by atoms with van der Waals surface area (Å²) in [6, 6.07) is 11.1. The highest BCUT2D eigenvalue weighted by Crippen LogP contribution is 2.38. The van der Waals surface area contributed by atoms with Gasteiger partial charge in [0.2, 0.25) is 0 Å². The highest BCUT2D eigenvalue weighted by Gasteiger charge is 2.23. The van der Waals surface area contributed by atoms with E-state index < -0.39 is 0 Å². The third kappa shape index (κ3) is 3.71. The van der Waals surface area contributed by atoms with Crippen LogP contribution in [0.2, 0.25) is 0 Å². The Labute approximate surface area is 155 Å². The van der Waals surface area contributed by atoms with Crippen molar-refractivity contribution in [2.24, 2.45) is 0 Å². The molecule has 4 nitrogen and oxygen atoms in total. The third-order valence-electron chi connectivity index (χ3n) is 3.77. The first-order valence-corrected chi connectivity index (χ1v) is 8.99. The van der Waals surface area contributed by atoms with Crippen molar-refractivity contribution in [1.82, 2.24) is 0 Å². The molecule has 0 saturated carbocycles. The van der Waals surface area contributed by atoms with Crippen molar-refractivity contribution >= 4 is 27.8 Å². The van der Waals surface area contributed by atoms with Crippen LogP contribution in [0, 0.1) is 0 Å². The molecule has 0 unspecified atom stereocenters. The fourth-order valence-corrected chi connectivity index (χ4v) is 3.28. The molecule has 5 heteroatoms. The van der Waals surface area contributed by atoms with Crippen molar-refractivity contribution in [3.8, 4) is 17.2 Å². The van der Waals surface area contributed by atoms with Crippen LogP contribution in [0.3, 0.4) is 0 Å². The second-order valence-corrected chi connectivity index (χ2v) is 6.33. The Morgan fingerprint density at radius 1 is 1.16 bits per heavy atom. The van der Waals surface area contributed by atoms with Gasteiger partial charge in [-0.3, -0.25) is 4.79 Å². The molecule has 3 rings (SSSR count). The number of ether oxygens (including phenoxy) is 3. The minimum atomic E-state index is -0.00943. The summed E-state index contributed by atoms with van der Waals surface area (Å²) in [6.07, 6.45) is 1.83. The van der Waals surface area contributed by atoms with E-state index in [0.29, 0.717) is 41.6 Å². The quantitative estimate of drug-likeness (QED) is 0.666. The normalized spacial score (nSPS) is 14.8. The van der Waals surface area contributed by atoms with E-state index in [4.69, 9.17) is 14.2 Å². The monoisotopic (exact) mass is 402 g/mol. The Morgan fingerprint density at radius 3 is 2.68 bits per heavy atom. The predicted molar refractivity (Wildman–Crippen MR) is 101 cm³/mol. The van der Waals surface area contributed by atoms with E-state index in [1.54, 1.807) is 6.07 Å². The molecule has 0 N–H and O–H groups in total. The fraction of sp³-hybridized carbons (Fsp3) is 0.250. The van der Waals surface area contributed by atoms with Crippen molar-refractivity contribution in [3.63, 3.8) is 0 Å². The van der Waals surface area contributed by atoms with Crippen molar-refractivity contribution in [2.75, 3.05) is 19.8 Å². The van der Waals surface area contributed by atoms with Crippen LogP contribution in [0.5, 0.6) is 17.2 Å². The molecule has 0 aromatic heterocycles. The number of benzene rings is 2. The summed E-state index contributed by atoms with van der Waals surface area (Å²) in [6.45, 7) is 5.17. The fourth-order valence-electron chi connectivity index (χ4n) is 2.70. The summed E-state index contributed by atoms with van der Waals surface area (Å²) >= 11 is 3.52. The molecule has 0 fully saturated rings. The van der Waals surface area contributed by atoms with Crippen molar-refractivity contribution < 1.29 is 19.0 Å². The summed E-state index contributed by atoms with van der Waals surface area (Å²) in [7, 11) is 0. The Balaban J connectivity index is 1.97. The average molecular weight is 403 g/mol. The predicted octanol–water partition coefficient (Wildman–Crippen LogP) is 4.91. The number of carbonyl (C=O) groups is 1. The number of halogens is 1. The van der Waals surface area contributed by atoms with Crippen molar-refractivity contribution in [1.29, 1.82) is 0 Å². The van der Waals surface area contributed by atoms with Gasteiger partial charge >= 0.3 is 0 Å². The smallest absolute Gasteiger partial charge is 0.196 e. The zero-order valence-electron chi connectivity index (χ0n) is 14.2. The number of ketones is 1. The van der Waals surface area contributed by atoms with Crippen LogP contribution >= 0.6 is 15.9 Å². The molecule has 1 aliphatic rings. The first-order chi connectivity index (χ1) is 12.1. The standard InChI is InChI=1S/C20H19BrO4/c1-3-23-18-11-13(10-16(21)20(18)24-4-2)9-14-12-25-17-8-6-5-7-15(17)19(14)22/h5-11H,3-4,12H2,1-2H3. The van der Waals surface area contributed by atoms with E-state index in [0.717, 1.165) is 10.0 Å². The second-order valence-electron chi connectivity index (χ2n) is 5.48. The van der Waals surface area contributed by atoms with Gasteiger partial charge in [-0.15, -0.1) is 0 Å². The van der Waals surface area contributed by atoms with E-state index in [1.165, 1.54) is 0 Å². The lowest BCUT2D eigenvalue weighted by Gasteiger charge is -2.19. The molecule has 0 aliphatic carbocycles. The summed E-state index contributed by atoms with van der Waals surface area (Å²) in [5, 5.41) is 0. The molecule has 0 atom stereocenters. The molecular weight excluding hydrogens is 384 g/mol. The summed E-state index contributed by atoms with van der Waals surface area (Å²) in [5.74, 6) is 1.94. The second kappa shape index (κ2) is 7.74. The minimum Gasteiger partial charge on any atom is -0.490 e. The zero-order valence-corrected chi connectivity index (χ0v) is 15.8. The van der Waals surface area contributed by atoms with E-state index in [9.17, 15) is 4.79 Å². The molecule has 2 aromatic carbocycles. The van der Waals surface area contributed by atoms with Gasteiger partial charge in [-0.25, -0.2) is 0 Å². The van der Waals surface area contributed by atoms with Gasteiger partial charge in [0, 0.05) is 5.57 Å². The van der Waals surface area contributed by atoms with Gasteiger partial charge in [-0.1, -0.05) is 12.1 Å². The van der Waals surface area contributed by atoms with Crippen LogP contribution in [0.15, 0.2) is 46.4 Å². The number of hydrogen-bond donors (Lipinski definition) is 0. The van der Waals surface area contributed by atoms with E-state index in [-0.39, 0.29) is 12.4 Å². The number of hydrogen-bond acceptors (Lipinski definition) is 4. The van der Waals surface area contributed by atoms with Crippen molar-refractivity contribution in [3.05, 3.63) is 57.6 Å². The van der Waals surface area contributed by atoms with Gasteiger partial charge in [0.15, 0.2) is 17.3 Å². The van der Waals surface area contributed by atoms with Gasteiger partial charge in [0.1, 0.15) is 12.4 Å². The summed E-state index contributed by atoms with van der Waals surface area (Å²) in [4.78, 5) is 12.7. The Kier molecular flexibility index (Phi) is 5.43. The lowest BCUT2D eigenvalue weighted by molar-refractivity contribution is 0.100. The third-order valence-corrected chi connectivity index (χ3v) is 4.36. The van der Waals surface area contributed by atoms with Gasteiger partial charge in [-0.05, 0) is 65.7 Å². The van der Waals surface area contributed by atoms with Crippen molar-refractivity contribution in [2.45, 2.75) is 13.8 Å². The van der Waals surface area contributed by atoms with Crippen LogP contribution < -0.4 is 14.2 Å². The minimum absolute atomic E-state index is 0.00943. The van der Waals surface area contributed by atoms with Crippen LogP contribution in [0.4, 0.5) is 0 Å². The van der Waals surface area contributed by atoms with Gasteiger partial charge in [0.05, 0.1) is 23.2 Å². The van der Waals surface area contributed by atoms with E-state index >= 15 is 0 Å². The molecule has 0 radical (unpaired) electrons. The van der Waals surface area contributed by atoms with Gasteiger partial charge in [-0.2, -0.15) is 0 Å². The first kappa shape index (κ1) is 17.5. The van der Waals surface area contributed by atoms with E-state index in [2.05, 4.69) is 15.9 Å². The van der Waals surface area contributed by atoms with Gasteiger partial charge in [0.25, 0.3) is 0 Å². The Morgan fingerprint density at radius 2 is 1.92 bits per heavy atom. The molecule has 0 bridgehead atoms. The molecule has 0 saturated heterocycles. The molecule has 0 spiro atoms. The summed E-state index contributed by atoms with van der Waals surface area (Å²) < 4.78 is 17.8.